The fourth-order valence-electron chi connectivity index (χ4n) is 1.80. The normalized spacial score (nSPS) is 11.6. The zero-order valence-corrected chi connectivity index (χ0v) is 10.5. The molecular formula is C14H13F3N2O. The molecule has 0 atom stereocenters. The van der Waals surface area contributed by atoms with Gasteiger partial charge in [-0.25, -0.2) is 0 Å². The first kappa shape index (κ1) is 14.3. The molecule has 0 saturated heterocycles. The summed E-state index contributed by atoms with van der Waals surface area (Å²) in [6, 6.07) is 8.54. The van der Waals surface area contributed by atoms with Gasteiger partial charge in [0.05, 0.1) is 17.5 Å². The average Bonchev–Trinajstić information content (AvgIpc) is 2.40. The van der Waals surface area contributed by atoms with Crippen molar-refractivity contribution in [3.05, 3.63) is 59.4 Å². The number of rotatable bonds is 4. The summed E-state index contributed by atoms with van der Waals surface area (Å²) in [5.41, 5.74) is 0.206. The van der Waals surface area contributed by atoms with Crippen LogP contribution < -0.4 is 5.32 Å². The molecule has 2 aromatic rings. The molecule has 1 aromatic heterocycles. The monoisotopic (exact) mass is 282 g/mol. The Morgan fingerprint density at radius 3 is 2.45 bits per heavy atom. The van der Waals surface area contributed by atoms with Crippen molar-refractivity contribution < 1.29 is 18.3 Å². The zero-order chi connectivity index (χ0) is 14.6. The summed E-state index contributed by atoms with van der Waals surface area (Å²) in [5.74, 6) is 0.0520. The van der Waals surface area contributed by atoms with Crippen LogP contribution in [0, 0.1) is 0 Å². The number of nitrogens with zero attached hydrogens (tertiary/aromatic N) is 1. The van der Waals surface area contributed by atoms with Gasteiger partial charge in [-0.3, -0.25) is 4.98 Å². The zero-order valence-electron chi connectivity index (χ0n) is 10.5. The summed E-state index contributed by atoms with van der Waals surface area (Å²) in [5, 5.41) is 12.0. The molecule has 0 spiro atoms. The van der Waals surface area contributed by atoms with E-state index in [1.54, 1.807) is 12.1 Å². The van der Waals surface area contributed by atoms with Gasteiger partial charge >= 0.3 is 6.18 Å². The van der Waals surface area contributed by atoms with E-state index in [-0.39, 0.29) is 17.9 Å². The van der Waals surface area contributed by atoms with Crippen LogP contribution >= 0.6 is 0 Å². The minimum Gasteiger partial charge on any atom is -0.506 e. The van der Waals surface area contributed by atoms with Gasteiger partial charge in [-0.1, -0.05) is 18.2 Å². The molecule has 0 aliphatic carbocycles. The van der Waals surface area contributed by atoms with Crippen molar-refractivity contribution in [2.45, 2.75) is 19.3 Å². The first-order valence-electron chi connectivity index (χ1n) is 5.96. The van der Waals surface area contributed by atoms with Crippen LogP contribution in [0.3, 0.4) is 0 Å². The summed E-state index contributed by atoms with van der Waals surface area (Å²) >= 11 is 0. The molecule has 0 saturated carbocycles. The lowest BCUT2D eigenvalue weighted by molar-refractivity contribution is -0.138. The van der Waals surface area contributed by atoms with Crippen LogP contribution in [0.25, 0.3) is 0 Å². The SMILES string of the molecule is Oc1ccc(CNCc2ccccc2C(F)(F)F)nc1. The Bertz CT molecular complexity index is 567. The maximum Gasteiger partial charge on any atom is 0.416 e. The molecule has 1 heterocycles. The van der Waals surface area contributed by atoms with Gasteiger partial charge in [0.15, 0.2) is 0 Å². The van der Waals surface area contributed by atoms with Crippen molar-refractivity contribution >= 4 is 0 Å². The van der Waals surface area contributed by atoms with Crippen LogP contribution in [0.5, 0.6) is 5.75 Å². The maximum atomic E-state index is 12.8. The van der Waals surface area contributed by atoms with E-state index in [4.69, 9.17) is 5.11 Å². The topological polar surface area (TPSA) is 45.1 Å². The Labute approximate surface area is 114 Å². The Morgan fingerprint density at radius 2 is 1.80 bits per heavy atom. The number of nitrogens with one attached hydrogen (secondary N) is 1. The van der Waals surface area contributed by atoms with E-state index in [0.717, 1.165) is 6.07 Å². The van der Waals surface area contributed by atoms with Crippen LogP contribution in [-0.2, 0) is 19.3 Å². The van der Waals surface area contributed by atoms with Gasteiger partial charge in [0.2, 0.25) is 0 Å². The molecule has 0 unspecified atom stereocenters. The molecule has 0 bridgehead atoms. The van der Waals surface area contributed by atoms with Crippen molar-refractivity contribution in [3.63, 3.8) is 0 Å². The summed E-state index contributed by atoms with van der Waals surface area (Å²) < 4.78 is 38.3. The molecule has 0 amide bonds. The van der Waals surface area contributed by atoms with E-state index in [1.165, 1.54) is 24.4 Å². The Kier molecular flexibility index (Phi) is 4.24. The van der Waals surface area contributed by atoms with Crippen molar-refractivity contribution in [1.82, 2.24) is 10.3 Å². The molecule has 106 valence electrons. The second kappa shape index (κ2) is 5.92. The molecule has 2 N–H and O–H groups in total. The quantitative estimate of drug-likeness (QED) is 0.905. The predicted octanol–water partition coefficient (Wildman–Crippen LogP) is 3.10. The lowest BCUT2D eigenvalue weighted by Crippen LogP contribution is -2.17. The fourth-order valence-corrected chi connectivity index (χ4v) is 1.80. The number of alkyl halides is 3. The Morgan fingerprint density at radius 1 is 1.05 bits per heavy atom. The lowest BCUT2D eigenvalue weighted by atomic mass is 10.1. The maximum absolute atomic E-state index is 12.8. The van der Waals surface area contributed by atoms with E-state index in [1.807, 2.05) is 0 Å². The van der Waals surface area contributed by atoms with Gasteiger partial charge in [0.25, 0.3) is 0 Å². The Hall–Kier alpha value is -2.08. The fraction of sp³-hybridized carbons (Fsp3) is 0.214. The van der Waals surface area contributed by atoms with Crippen LogP contribution in [0.4, 0.5) is 13.2 Å². The number of halogens is 3. The molecule has 1 aromatic carbocycles. The molecule has 2 rings (SSSR count). The third-order valence-corrected chi connectivity index (χ3v) is 2.75. The van der Waals surface area contributed by atoms with Crippen LogP contribution in [-0.4, -0.2) is 10.1 Å². The van der Waals surface area contributed by atoms with E-state index >= 15 is 0 Å². The third kappa shape index (κ3) is 3.71. The standard InChI is InChI=1S/C14H13F3N2O/c15-14(16,17)13-4-2-1-3-10(13)7-18-8-11-5-6-12(20)9-19-11/h1-6,9,18,20H,7-8H2. The minimum atomic E-state index is -4.35. The summed E-state index contributed by atoms with van der Waals surface area (Å²) in [4.78, 5) is 3.95. The van der Waals surface area contributed by atoms with Crippen molar-refractivity contribution in [3.8, 4) is 5.75 Å². The van der Waals surface area contributed by atoms with Gasteiger partial charge in [0, 0.05) is 13.1 Å². The van der Waals surface area contributed by atoms with Gasteiger partial charge in [0.1, 0.15) is 5.75 Å². The summed E-state index contributed by atoms with van der Waals surface area (Å²) in [6.45, 7) is 0.421. The minimum absolute atomic E-state index is 0.0520. The van der Waals surface area contributed by atoms with Crippen LogP contribution in [0.1, 0.15) is 16.8 Å². The molecule has 0 aliphatic heterocycles. The molecular weight excluding hydrogens is 269 g/mol. The van der Waals surface area contributed by atoms with Crippen LogP contribution in [0.2, 0.25) is 0 Å². The molecule has 0 aliphatic rings. The Balaban J connectivity index is 1.99. The molecule has 20 heavy (non-hydrogen) atoms. The number of aromatic nitrogens is 1. The van der Waals surface area contributed by atoms with Crippen molar-refractivity contribution in [2.24, 2.45) is 0 Å². The lowest BCUT2D eigenvalue weighted by Gasteiger charge is -2.13. The van der Waals surface area contributed by atoms with Gasteiger partial charge < -0.3 is 10.4 Å². The second-order valence-electron chi connectivity index (χ2n) is 4.27. The van der Waals surface area contributed by atoms with Crippen molar-refractivity contribution in [1.29, 1.82) is 0 Å². The second-order valence-corrected chi connectivity index (χ2v) is 4.27. The first-order chi connectivity index (χ1) is 9.47. The number of hydrogen-bond donors (Lipinski definition) is 2. The number of benzene rings is 1. The van der Waals surface area contributed by atoms with E-state index in [0.29, 0.717) is 12.2 Å². The highest BCUT2D eigenvalue weighted by atomic mass is 19.4. The van der Waals surface area contributed by atoms with Gasteiger partial charge in [-0.2, -0.15) is 13.2 Å². The predicted molar refractivity (Wildman–Crippen MR) is 67.9 cm³/mol. The highest BCUT2D eigenvalue weighted by Gasteiger charge is 2.32. The largest absolute Gasteiger partial charge is 0.506 e. The molecule has 3 nitrogen and oxygen atoms in total. The third-order valence-electron chi connectivity index (χ3n) is 2.75. The average molecular weight is 282 g/mol. The highest BCUT2D eigenvalue weighted by Crippen LogP contribution is 2.31. The molecule has 6 heteroatoms. The van der Waals surface area contributed by atoms with Crippen molar-refractivity contribution in [2.75, 3.05) is 0 Å². The number of pyridine rings is 1. The number of hydrogen-bond acceptors (Lipinski definition) is 3. The van der Waals surface area contributed by atoms with Gasteiger partial charge in [-0.05, 0) is 23.8 Å². The number of aromatic hydroxyl groups is 1. The van der Waals surface area contributed by atoms with Crippen LogP contribution in [0.15, 0.2) is 42.6 Å². The van der Waals surface area contributed by atoms with E-state index in [2.05, 4.69) is 10.3 Å². The smallest absolute Gasteiger partial charge is 0.416 e. The highest BCUT2D eigenvalue weighted by molar-refractivity contribution is 5.29. The van der Waals surface area contributed by atoms with E-state index < -0.39 is 11.7 Å². The van der Waals surface area contributed by atoms with Gasteiger partial charge in [-0.15, -0.1) is 0 Å². The van der Waals surface area contributed by atoms with E-state index in [9.17, 15) is 13.2 Å². The molecule has 0 fully saturated rings. The summed E-state index contributed by atoms with van der Waals surface area (Å²) in [7, 11) is 0. The molecule has 0 radical (unpaired) electrons. The summed E-state index contributed by atoms with van der Waals surface area (Å²) in [6.07, 6.45) is -3.06. The first-order valence-corrected chi connectivity index (χ1v) is 5.96.